The molecule has 16 heteroatoms. The minimum atomic E-state index is -1.33. The molecule has 6 aliphatic heterocycles. The summed E-state index contributed by atoms with van der Waals surface area (Å²) in [6.07, 6.45) is 0.601. The van der Waals surface area contributed by atoms with Crippen molar-refractivity contribution in [1.82, 2.24) is 10.6 Å². The number of alkyl halides is 4. The zero-order chi connectivity index (χ0) is 52.1. The first-order valence-corrected chi connectivity index (χ1v) is 26.1. The van der Waals surface area contributed by atoms with Gasteiger partial charge in [0.25, 0.3) is 0 Å². The van der Waals surface area contributed by atoms with E-state index in [9.17, 15) is 28.8 Å². The third-order valence-corrected chi connectivity index (χ3v) is 15.0. The first-order valence-electron chi connectivity index (χ1n) is 24.0. The van der Waals surface area contributed by atoms with E-state index in [0.29, 0.717) is 35.5 Å². The Kier molecular flexibility index (Phi) is 15.8. The lowest BCUT2D eigenvalue weighted by molar-refractivity contribution is -0.152. The van der Waals surface area contributed by atoms with Crippen molar-refractivity contribution in [2.24, 2.45) is 10.8 Å². The predicted octanol–water partition coefficient (Wildman–Crippen LogP) is 10.8. The summed E-state index contributed by atoms with van der Waals surface area (Å²) in [5.74, 6) is -2.53. The van der Waals surface area contributed by atoms with E-state index >= 15 is 0 Å². The number of benzene rings is 6. The normalized spacial score (nSPS) is 27.4. The zero-order valence-electron chi connectivity index (χ0n) is 39.7. The molecule has 6 heterocycles. The topological polar surface area (TPSA) is 163 Å². The van der Waals surface area contributed by atoms with Crippen molar-refractivity contribution in [3.8, 4) is 11.5 Å². The fourth-order valence-electron chi connectivity index (χ4n) is 12.2. The molecule has 6 aromatic rings. The van der Waals surface area contributed by atoms with Crippen molar-refractivity contribution in [2.75, 3.05) is 23.9 Å². The van der Waals surface area contributed by atoms with Gasteiger partial charge >= 0.3 is 23.9 Å². The summed E-state index contributed by atoms with van der Waals surface area (Å²) in [6.45, 7) is 0.503. The van der Waals surface area contributed by atoms with E-state index in [1.807, 2.05) is 97.1 Å². The van der Waals surface area contributed by atoms with Crippen molar-refractivity contribution < 1.29 is 47.7 Å². The highest BCUT2D eigenvalue weighted by atomic mass is 35.5. The second-order valence-corrected chi connectivity index (χ2v) is 20.2. The van der Waals surface area contributed by atoms with Crippen molar-refractivity contribution >= 4 is 81.8 Å². The van der Waals surface area contributed by atoms with Crippen LogP contribution in [-0.2, 0) is 28.7 Å². The smallest absolute Gasteiger partial charge is 0.327 e. The number of esters is 4. The van der Waals surface area contributed by atoms with Gasteiger partial charge in [-0.3, -0.25) is 39.4 Å². The average molecular weight is 1080 g/mol. The van der Waals surface area contributed by atoms with Gasteiger partial charge in [-0.2, -0.15) is 0 Å². The van der Waals surface area contributed by atoms with Crippen LogP contribution < -0.4 is 20.1 Å². The molecule has 0 radical (unpaired) electrons. The summed E-state index contributed by atoms with van der Waals surface area (Å²) in [7, 11) is 0. The molecule has 0 aliphatic carbocycles. The first kappa shape index (κ1) is 52.5. The molecule has 12 rings (SSSR count). The Hall–Kier alpha value is -6.38. The van der Waals surface area contributed by atoms with E-state index in [-0.39, 0.29) is 48.3 Å². The Morgan fingerprint density at radius 2 is 0.757 bits per heavy atom. The molecule has 2 spiro atoms. The molecule has 2 N–H and O–H groups in total. The van der Waals surface area contributed by atoms with E-state index in [1.54, 1.807) is 72.8 Å². The lowest BCUT2D eigenvalue weighted by Crippen LogP contribution is -2.50. The maximum atomic E-state index is 14.0. The molecule has 4 saturated heterocycles. The van der Waals surface area contributed by atoms with E-state index in [0.717, 1.165) is 22.3 Å². The number of cyclic esters (lactones) is 2. The van der Waals surface area contributed by atoms with Crippen LogP contribution in [0.15, 0.2) is 170 Å². The van der Waals surface area contributed by atoms with Gasteiger partial charge in [0, 0.05) is 59.8 Å². The Balaban J connectivity index is 0.000000165. The summed E-state index contributed by atoms with van der Waals surface area (Å²) < 4.78 is 22.7. The molecular formula is C58H50Cl4N2O10. The fourth-order valence-corrected chi connectivity index (χ4v) is 12.2. The van der Waals surface area contributed by atoms with Crippen LogP contribution in [0.1, 0.15) is 92.6 Å². The molecule has 4 fully saturated rings. The molecule has 0 saturated carbocycles. The number of ether oxygens (including phenoxy) is 4. The van der Waals surface area contributed by atoms with Crippen molar-refractivity contribution in [1.29, 1.82) is 0 Å². The van der Waals surface area contributed by atoms with Crippen LogP contribution in [-0.4, -0.2) is 70.4 Å². The number of para-hydroxylation sites is 2. The van der Waals surface area contributed by atoms with Crippen LogP contribution in [0, 0.1) is 10.8 Å². The third-order valence-electron chi connectivity index (χ3n) is 15.0. The molecule has 6 aliphatic rings. The summed E-state index contributed by atoms with van der Waals surface area (Å²) in [5.41, 5.74) is -0.771. The van der Waals surface area contributed by atoms with Crippen LogP contribution >= 0.6 is 46.4 Å². The maximum absolute atomic E-state index is 14.0. The van der Waals surface area contributed by atoms with Gasteiger partial charge in [0.2, 0.25) is 0 Å². The molecule has 74 heavy (non-hydrogen) atoms. The third kappa shape index (κ3) is 9.09. The molecule has 0 amide bonds. The SMILES string of the molecule is ClCCl.ClCCl.O=C(C[C@]12C(=O)Oc3ccccc3[C@H]1N[C@]1(CCOC1=O)[C@@H]2c1ccccc1)c1ccccc1.O=C(C[C@]12C(=O)Oc3ccccc3[C@H]1N[C@]1(CCOC1=O)[C@@H]2c1ccccc1)c1ccccc1. The second-order valence-electron chi connectivity index (χ2n) is 18.6. The van der Waals surface area contributed by atoms with E-state index in [2.05, 4.69) is 10.6 Å². The minimum Gasteiger partial charge on any atom is -0.464 e. The van der Waals surface area contributed by atoms with Gasteiger partial charge in [-0.25, -0.2) is 0 Å². The van der Waals surface area contributed by atoms with Crippen LogP contribution in [0.3, 0.4) is 0 Å². The maximum Gasteiger partial charge on any atom is 0.327 e. The number of Topliss-reactive ketones (excluding diaryl/α,β-unsaturated/α-hetero) is 2. The average Bonchev–Trinajstić information content (AvgIpc) is 4.16. The fraction of sp³-hybridized carbons (Fsp3) is 0.276. The van der Waals surface area contributed by atoms with Crippen LogP contribution in [0.4, 0.5) is 0 Å². The van der Waals surface area contributed by atoms with E-state index in [1.165, 1.54) is 0 Å². The number of nitrogens with one attached hydrogen (secondary N) is 2. The number of hydrogen-bond donors (Lipinski definition) is 2. The van der Waals surface area contributed by atoms with Crippen molar-refractivity contribution in [3.63, 3.8) is 0 Å². The molecule has 12 nitrogen and oxygen atoms in total. The Morgan fingerprint density at radius 1 is 0.446 bits per heavy atom. The highest BCUT2D eigenvalue weighted by molar-refractivity contribution is 6.41. The molecule has 0 aromatic heterocycles. The lowest BCUT2D eigenvalue weighted by atomic mass is 9.60. The van der Waals surface area contributed by atoms with Gasteiger partial charge in [0.15, 0.2) is 11.6 Å². The summed E-state index contributed by atoms with van der Waals surface area (Å²) in [4.78, 5) is 81.9. The molecule has 6 aromatic carbocycles. The Bertz CT molecular complexity index is 2840. The second kappa shape index (κ2) is 22.2. The number of carbonyl (C=O) groups excluding carboxylic acids is 6. The molecular weight excluding hydrogens is 1030 g/mol. The molecule has 380 valence electrons. The van der Waals surface area contributed by atoms with Crippen molar-refractivity contribution in [2.45, 2.75) is 60.7 Å². The van der Waals surface area contributed by atoms with Crippen molar-refractivity contribution in [3.05, 3.63) is 203 Å². The molecule has 0 unspecified atom stereocenters. The van der Waals surface area contributed by atoms with Gasteiger partial charge in [0.05, 0.1) is 36.0 Å². The minimum absolute atomic E-state index is 0.101. The standard InChI is InChI=1S/2C28H23NO5.2CH2Cl2/c2*30-21(18-9-3-1-4-10-18)17-27-23(19-11-5-2-6-12-19)28(15-16-33-26(28)32)29-24(27)20-13-7-8-14-22(20)34-25(27)31;2*2-1-3/h2*1-14,23-24,29H,15-17H2;2*1H2/t2*23-,24-,27-,28-;;/m11../s1. The van der Waals surface area contributed by atoms with E-state index < -0.39 is 69.7 Å². The van der Waals surface area contributed by atoms with Gasteiger partial charge in [-0.05, 0) is 23.3 Å². The molecule has 8 atom stereocenters. The number of halogens is 4. The van der Waals surface area contributed by atoms with Gasteiger partial charge in [0.1, 0.15) is 33.4 Å². The number of carbonyl (C=O) groups is 6. The monoisotopic (exact) mass is 1070 g/mol. The van der Waals surface area contributed by atoms with Crippen LogP contribution in [0.5, 0.6) is 11.5 Å². The van der Waals surface area contributed by atoms with Crippen LogP contribution in [0.2, 0.25) is 0 Å². The highest BCUT2D eigenvalue weighted by Gasteiger charge is 2.74. The number of hydrogen-bond acceptors (Lipinski definition) is 12. The number of fused-ring (bicyclic) bond motifs is 6. The Labute approximate surface area is 447 Å². The highest BCUT2D eigenvalue weighted by Crippen LogP contribution is 2.66. The predicted molar refractivity (Wildman–Crippen MR) is 280 cm³/mol. The number of rotatable bonds is 8. The number of ketones is 2. The van der Waals surface area contributed by atoms with Gasteiger partial charge < -0.3 is 18.9 Å². The summed E-state index contributed by atoms with van der Waals surface area (Å²) in [6, 6.07) is 50.2. The lowest BCUT2D eigenvalue weighted by Gasteiger charge is -2.41. The molecule has 0 bridgehead atoms. The summed E-state index contributed by atoms with van der Waals surface area (Å²) >= 11 is 19.1. The van der Waals surface area contributed by atoms with Crippen LogP contribution in [0.25, 0.3) is 0 Å². The Morgan fingerprint density at radius 3 is 1.08 bits per heavy atom. The largest absolute Gasteiger partial charge is 0.464 e. The van der Waals surface area contributed by atoms with Gasteiger partial charge in [-0.1, -0.05) is 158 Å². The van der Waals surface area contributed by atoms with E-state index in [4.69, 9.17) is 65.4 Å². The van der Waals surface area contributed by atoms with Gasteiger partial charge in [-0.15, -0.1) is 46.4 Å². The summed E-state index contributed by atoms with van der Waals surface area (Å²) in [5, 5.41) is 7.44. The first-order chi connectivity index (χ1) is 35.9. The zero-order valence-corrected chi connectivity index (χ0v) is 42.8. The quantitative estimate of drug-likeness (QED) is 0.0643.